The quantitative estimate of drug-likeness (QED) is 0.255. The Morgan fingerprint density at radius 1 is 1.12 bits per heavy atom. The number of carbonyl (C=O) groups excluding carboxylic acids is 3. The van der Waals surface area contributed by atoms with Crippen molar-refractivity contribution < 1.29 is 18.8 Å². The summed E-state index contributed by atoms with van der Waals surface area (Å²) in [5.74, 6) is -2.07. The predicted molar refractivity (Wildman–Crippen MR) is 130 cm³/mol. The standard InChI is InChI=1S/C23H28FIN4O3/c1-13-12-17(7-8-18(13)24)27-22(31)19-14(2)20(28(4)15(19)3)21(30)23(32)26-16-6-5-10-29(25)11-9-16/h7-8,12,16H,5-6,9-11H2,1-4H3,(H,26,32)(H,27,31). The number of halogens is 2. The lowest BCUT2D eigenvalue weighted by atomic mass is 10.1. The van der Waals surface area contributed by atoms with E-state index in [4.69, 9.17) is 0 Å². The van der Waals surface area contributed by atoms with Gasteiger partial charge < -0.3 is 15.2 Å². The van der Waals surface area contributed by atoms with Gasteiger partial charge in [0.2, 0.25) is 0 Å². The van der Waals surface area contributed by atoms with Crippen LogP contribution in [0.25, 0.3) is 0 Å². The molecule has 172 valence electrons. The Morgan fingerprint density at radius 3 is 2.53 bits per heavy atom. The molecule has 7 nitrogen and oxygen atoms in total. The first-order chi connectivity index (χ1) is 15.1. The molecule has 1 atom stereocenters. The average molecular weight is 554 g/mol. The molecule has 1 aromatic heterocycles. The van der Waals surface area contributed by atoms with Crippen molar-refractivity contribution in [3.63, 3.8) is 0 Å². The molecule has 9 heteroatoms. The molecule has 0 bridgehead atoms. The topological polar surface area (TPSA) is 83.4 Å². The van der Waals surface area contributed by atoms with Crippen LogP contribution >= 0.6 is 22.9 Å². The second kappa shape index (κ2) is 10.1. The lowest BCUT2D eigenvalue weighted by molar-refractivity contribution is -0.117. The Hall–Kier alpha value is -2.27. The van der Waals surface area contributed by atoms with Crippen molar-refractivity contribution in [1.29, 1.82) is 0 Å². The van der Waals surface area contributed by atoms with Crippen LogP contribution in [0, 0.1) is 26.6 Å². The van der Waals surface area contributed by atoms with Gasteiger partial charge in [-0.25, -0.2) is 7.50 Å². The van der Waals surface area contributed by atoms with E-state index in [1.54, 1.807) is 38.5 Å². The summed E-state index contributed by atoms with van der Waals surface area (Å²) in [6.45, 7) is 6.83. The summed E-state index contributed by atoms with van der Waals surface area (Å²) in [7, 11) is 1.67. The molecule has 2 aromatic rings. The normalized spacial score (nSPS) is 17.0. The summed E-state index contributed by atoms with van der Waals surface area (Å²) in [5.41, 5.74) is 2.43. The molecule has 2 heterocycles. The van der Waals surface area contributed by atoms with Crippen LogP contribution in [0.5, 0.6) is 0 Å². The van der Waals surface area contributed by atoms with E-state index in [1.165, 1.54) is 12.1 Å². The van der Waals surface area contributed by atoms with Crippen LogP contribution in [0.15, 0.2) is 18.2 Å². The SMILES string of the molecule is Cc1cc(NC(=O)c2c(C)c(C(=O)C(=O)NC3CCCN(I)CC3)n(C)c2C)ccc1F. The highest BCUT2D eigenvalue weighted by Crippen LogP contribution is 2.24. The van der Waals surface area contributed by atoms with E-state index in [-0.39, 0.29) is 17.6 Å². The summed E-state index contributed by atoms with van der Waals surface area (Å²) < 4.78 is 17.3. The number of nitrogens with zero attached hydrogens (tertiary/aromatic N) is 2. The molecular formula is C23H28FIN4O3. The number of anilines is 1. The number of carbonyl (C=O) groups is 3. The lowest BCUT2D eigenvalue weighted by Crippen LogP contribution is -2.40. The van der Waals surface area contributed by atoms with Crippen molar-refractivity contribution >= 4 is 46.1 Å². The number of aryl methyl sites for hydroxylation is 1. The van der Waals surface area contributed by atoms with Gasteiger partial charge in [-0.3, -0.25) is 14.4 Å². The molecule has 0 spiro atoms. The Bertz CT molecular complexity index is 1070. The highest BCUT2D eigenvalue weighted by Gasteiger charge is 2.30. The molecule has 2 N–H and O–H groups in total. The van der Waals surface area contributed by atoms with E-state index in [1.807, 2.05) is 0 Å². The summed E-state index contributed by atoms with van der Waals surface area (Å²) in [4.78, 5) is 38.7. The number of hydrogen-bond acceptors (Lipinski definition) is 4. The molecule has 1 aromatic carbocycles. The highest BCUT2D eigenvalue weighted by molar-refractivity contribution is 14.1. The van der Waals surface area contributed by atoms with E-state index >= 15 is 0 Å². The summed E-state index contributed by atoms with van der Waals surface area (Å²) in [5, 5.41) is 5.63. The van der Waals surface area contributed by atoms with Crippen molar-refractivity contribution in [2.45, 2.75) is 46.1 Å². The number of aromatic nitrogens is 1. The van der Waals surface area contributed by atoms with E-state index in [0.29, 0.717) is 28.1 Å². The molecule has 3 rings (SSSR count). The molecule has 1 aliphatic heterocycles. The van der Waals surface area contributed by atoms with Crippen molar-refractivity contribution in [3.05, 3.63) is 52.1 Å². The smallest absolute Gasteiger partial charge is 0.294 e. The van der Waals surface area contributed by atoms with E-state index in [0.717, 1.165) is 32.4 Å². The minimum absolute atomic E-state index is 0.0441. The minimum Gasteiger partial charge on any atom is -0.346 e. The van der Waals surface area contributed by atoms with E-state index in [9.17, 15) is 18.8 Å². The van der Waals surface area contributed by atoms with Crippen molar-refractivity contribution in [1.82, 2.24) is 13.0 Å². The van der Waals surface area contributed by atoms with Crippen LogP contribution in [0.4, 0.5) is 10.1 Å². The first-order valence-electron chi connectivity index (χ1n) is 10.6. The first-order valence-corrected chi connectivity index (χ1v) is 11.6. The first kappa shape index (κ1) is 24.4. The van der Waals surface area contributed by atoms with Gasteiger partial charge in [-0.15, -0.1) is 0 Å². The van der Waals surface area contributed by atoms with E-state index in [2.05, 4.69) is 36.6 Å². The monoisotopic (exact) mass is 554 g/mol. The van der Waals surface area contributed by atoms with Gasteiger partial charge in [0.25, 0.3) is 17.6 Å². The number of nitrogens with one attached hydrogen (secondary N) is 2. The zero-order chi connectivity index (χ0) is 23.6. The number of amides is 2. The molecule has 0 aliphatic carbocycles. The van der Waals surface area contributed by atoms with Gasteiger partial charge in [-0.1, -0.05) is 0 Å². The maximum absolute atomic E-state index is 13.5. The van der Waals surface area contributed by atoms with Crippen LogP contribution < -0.4 is 10.6 Å². The Balaban J connectivity index is 1.79. The van der Waals surface area contributed by atoms with E-state index < -0.39 is 17.6 Å². The largest absolute Gasteiger partial charge is 0.346 e. The third-order valence-corrected chi connectivity index (χ3v) is 6.97. The minimum atomic E-state index is -0.652. The molecule has 1 unspecified atom stereocenters. The average Bonchev–Trinajstić information content (AvgIpc) is 2.85. The molecule has 1 aliphatic rings. The molecular weight excluding hydrogens is 526 g/mol. The summed E-state index contributed by atoms with van der Waals surface area (Å²) in [6.07, 6.45) is 2.57. The van der Waals surface area contributed by atoms with Gasteiger partial charge in [0.1, 0.15) is 5.82 Å². The van der Waals surface area contributed by atoms with Gasteiger partial charge in [0.15, 0.2) is 0 Å². The fourth-order valence-corrected chi connectivity index (χ4v) is 4.73. The fraction of sp³-hybridized carbons (Fsp3) is 0.435. The predicted octanol–water partition coefficient (Wildman–Crippen LogP) is 3.85. The third-order valence-electron chi connectivity index (χ3n) is 6.00. The van der Waals surface area contributed by atoms with Crippen molar-refractivity contribution in [3.8, 4) is 0 Å². The van der Waals surface area contributed by atoms with Gasteiger partial charge in [-0.05, 0) is 69.4 Å². The summed E-state index contributed by atoms with van der Waals surface area (Å²) in [6, 6.07) is 4.28. The molecule has 32 heavy (non-hydrogen) atoms. The van der Waals surface area contributed by atoms with Crippen LogP contribution in [-0.4, -0.2) is 44.4 Å². The number of hydrogen-bond donors (Lipinski definition) is 2. The van der Waals surface area contributed by atoms with Crippen LogP contribution in [0.1, 0.15) is 56.9 Å². The van der Waals surface area contributed by atoms with Gasteiger partial charge in [-0.2, -0.15) is 0 Å². The Morgan fingerprint density at radius 2 is 1.84 bits per heavy atom. The number of Topliss-reactive ketones (excluding diaryl/α,β-unsaturated/α-hetero) is 1. The second-order valence-electron chi connectivity index (χ2n) is 8.25. The number of rotatable bonds is 5. The molecule has 1 fully saturated rings. The number of benzene rings is 1. The zero-order valence-corrected chi connectivity index (χ0v) is 20.9. The number of ketones is 1. The van der Waals surface area contributed by atoms with Crippen molar-refractivity contribution in [2.75, 3.05) is 18.4 Å². The van der Waals surface area contributed by atoms with Gasteiger partial charge in [0.05, 0.1) is 11.3 Å². The molecule has 1 saturated heterocycles. The lowest BCUT2D eigenvalue weighted by Gasteiger charge is -2.16. The highest BCUT2D eigenvalue weighted by atomic mass is 127. The maximum Gasteiger partial charge on any atom is 0.294 e. The zero-order valence-electron chi connectivity index (χ0n) is 18.7. The van der Waals surface area contributed by atoms with Crippen LogP contribution in [0.3, 0.4) is 0 Å². The van der Waals surface area contributed by atoms with Crippen molar-refractivity contribution in [2.24, 2.45) is 7.05 Å². The Labute approximate surface area is 201 Å². The second-order valence-corrected chi connectivity index (χ2v) is 9.62. The maximum atomic E-state index is 13.5. The van der Waals surface area contributed by atoms with Gasteiger partial charge in [0, 0.05) is 60.4 Å². The van der Waals surface area contributed by atoms with Gasteiger partial charge >= 0.3 is 0 Å². The van der Waals surface area contributed by atoms with Crippen LogP contribution in [-0.2, 0) is 11.8 Å². The fourth-order valence-electron chi connectivity index (χ4n) is 4.11. The molecule has 2 amide bonds. The molecule has 0 radical (unpaired) electrons. The Kier molecular flexibility index (Phi) is 7.71. The van der Waals surface area contributed by atoms with Crippen LogP contribution in [0.2, 0.25) is 0 Å². The molecule has 0 saturated carbocycles. The third kappa shape index (κ3) is 5.20. The summed E-state index contributed by atoms with van der Waals surface area (Å²) >= 11 is 2.27.